The summed E-state index contributed by atoms with van der Waals surface area (Å²) < 4.78 is 38.3. The Labute approximate surface area is 118 Å². The maximum Gasteiger partial charge on any atom is 0.418 e. The van der Waals surface area contributed by atoms with E-state index < -0.39 is 17.8 Å². The molecule has 0 aliphatic heterocycles. The highest BCUT2D eigenvalue weighted by molar-refractivity contribution is 5.90. The second-order valence-electron chi connectivity index (χ2n) is 4.21. The molecule has 0 spiro atoms. The third-order valence-corrected chi connectivity index (χ3v) is 2.68. The van der Waals surface area contributed by atoms with E-state index >= 15 is 0 Å². The molecule has 8 heteroatoms. The van der Waals surface area contributed by atoms with E-state index in [-0.39, 0.29) is 12.2 Å². The number of rotatable bonds is 4. The number of amides is 2. The Morgan fingerprint density at radius 2 is 2.05 bits per heavy atom. The molecule has 0 aliphatic rings. The maximum atomic E-state index is 12.8. The number of imidazole rings is 1. The Balaban J connectivity index is 1.91. The van der Waals surface area contributed by atoms with Gasteiger partial charge in [-0.05, 0) is 12.1 Å². The summed E-state index contributed by atoms with van der Waals surface area (Å²) in [5, 5.41) is 4.67. The average Bonchev–Trinajstić information content (AvgIpc) is 2.91. The lowest BCUT2D eigenvalue weighted by molar-refractivity contribution is -0.136. The van der Waals surface area contributed by atoms with E-state index in [9.17, 15) is 18.0 Å². The van der Waals surface area contributed by atoms with E-state index in [4.69, 9.17) is 0 Å². The van der Waals surface area contributed by atoms with Crippen LogP contribution in [0.15, 0.2) is 36.7 Å². The predicted octanol–water partition coefficient (Wildman–Crippen LogP) is 2.79. The molecule has 5 nitrogen and oxygen atoms in total. The number of alkyl halides is 3. The van der Waals surface area contributed by atoms with Crippen LogP contribution in [0.5, 0.6) is 0 Å². The third kappa shape index (κ3) is 4.23. The van der Waals surface area contributed by atoms with Crippen LogP contribution >= 0.6 is 0 Å². The molecule has 3 N–H and O–H groups in total. The quantitative estimate of drug-likeness (QED) is 0.812. The minimum Gasteiger partial charge on any atom is -0.349 e. The van der Waals surface area contributed by atoms with Crippen molar-refractivity contribution in [1.29, 1.82) is 0 Å². The van der Waals surface area contributed by atoms with Gasteiger partial charge in [-0.3, -0.25) is 0 Å². The lowest BCUT2D eigenvalue weighted by atomic mass is 10.1. The van der Waals surface area contributed by atoms with Crippen molar-refractivity contribution in [3.05, 3.63) is 48.0 Å². The molecule has 0 saturated heterocycles. The van der Waals surface area contributed by atoms with Crippen LogP contribution in [0.4, 0.5) is 23.7 Å². The Hall–Kier alpha value is -2.51. The summed E-state index contributed by atoms with van der Waals surface area (Å²) in [5.41, 5.74) is -1.16. The van der Waals surface area contributed by atoms with Crippen molar-refractivity contribution < 1.29 is 18.0 Å². The van der Waals surface area contributed by atoms with Gasteiger partial charge in [0, 0.05) is 25.4 Å². The second kappa shape index (κ2) is 6.29. The first-order valence-corrected chi connectivity index (χ1v) is 6.16. The summed E-state index contributed by atoms with van der Waals surface area (Å²) in [7, 11) is 0. The fourth-order valence-electron chi connectivity index (χ4n) is 1.73. The molecule has 2 amide bonds. The summed E-state index contributed by atoms with van der Waals surface area (Å²) >= 11 is 0. The molecule has 0 aliphatic carbocycles. The fraction of sp³-hybridized carbons (Fsp3) is 0.231. The zero-order valence-corrected chi connectivity index (χ0v) is 10.9. The molecule has 1 aromatic heterocycles. The second-order valence-corrected chi connectivity index (χ2v) is 4.21. The van der Waals surface area contributed by atoms with Crippen molar-refractivity contribution in [3.63, 3.8) is 0 Å². The largest absolute Gasteiger partial charge is 0.418 e. The molecule has 1 aromatic carbocycles. The molecule has 112 valence electrons. The van der Waals surface area contributed by atoms with E-state index in [1.165, 1.54) is 18.2 Å². The van der Waals surface area contributed by atoms with Gasteiger partial charge in [0.2, 0.25) is 0 Å². The number of nitrogens with zero attached hydrogens (tertiary/aromatic N) is 1. The van der Waals surface area contributed by atoms with Crippen LogP contribution in [-0.2, 0) is 12.6 Å². The minimum atomic E-state index is -4.52. The fourth-order valence-corrected chi connectivity index (χ4v) is 1.73. The smallest absolute Gasteiger partial charge is 0.349 e. The highest BCUT2D eigenvalue weighted by atomic mass is 19.4. The van der Waals surface area contributed by atoms with Gasteiger partial charge in [0.05, 0.1) is 11.3 Å². The van der Waals surface area contributed by atoms with E-state index in [0.717, 1.165) is 6.07 Å². The number of hydrogen-bond donors (Lipinski definition) is 3. The first-order chi connectivity index (χ1) is 9.97. The Morgan fingerprint density at radius 1 is 1.29 bits per heavy atom. The maximum absolute atomic E-state index is 12.8. The average molecular weight is 298 g/mol. The summed E-state index contributed by atoms with van der Waals surface area (Å²) in [6.45, 7) is 0.257. The number of benzene rings is 1. The molecular weight excluding hydrogens is 285 g/mol. The molecular formula is C13H13F3N4O. The first-order valence-electron chi connectivity index (χ1n) is 6.16. The summed E-state index contributed by atoms with van der Waals surface area (Å²) in [4.78, 5) is 18.4. The Kier molecular flexibility index (Phi) is 4.46. The van der Waals surface area contributed by atoms with E-state index in [0.29, 0.717) is 12.2 Å². The molecule has 2 rings (SSSR count). The third-order valence-electron chi connectivity index (χ3n) is 2.68. The van der Waals surface area contributed by atoms with Crippen molar-refractivity contribution in [2.45, 2.75) is 12.6 Å². The number of carbonyl (C=O) groups excluding carboxylic acids is 1. The van der Waals surface area contributed by atoms with Crippen molar-refractivity contribution in [1.82, 2.24) is 15.3 Å². The number of hydrogen-bond acceptors (Lipinski definition) is 2. The Bertz CT molecular complexity index is 596. The molecule has 1 heterocycles. The van der Waals surface area contributed by atoms with Crippen LogP contribution in [0.1, 0.15) is 11.4 Å². The van der Waals surface area contributed by atoms with Crippen molar-refractivity contribution in [3.8, 4) is 0 Å². The number of halogens is 3. The topological polar surface area (TPSA) is 69.8 Å². The lowest BCUT2D eigenvalue weighted by Crippen LogP contribution is -2.31. The van der Waals surface area contributed by atoms with E-state index in [1.807, 2.05) is 0 Å². The van der Waals surface area contributed by atoms with Crippen LogP contribution in [0.3, 0.4) is 0 Å². The van der Waals surface area contributed by atoms with Crippen molar-refractivity contribution in [2.75, 3.05) is 11.9 Å². The molecule has 0 radical (unpaired) electrons. The van der Waals surface area contributed by atoms with Crippen molar-refractivity contribution >= 4 is 11.7 Å². The zero-order valence-electron chi connectivity index (χ0n) is 10.9. The van der Waals surface area contributed by atoms with Gasteiger partial charge in [-0.2, -0.15) is 13.2 Å². The van der Waals surface area contributed by atoms with Gasteiger partial charge in [-0.15, -0.1) is 0 Å². The molecule has 0 saturated carbocycles. The summed E-state index contributed by atoms with van der Waals surface area (Å²) in [6, 6.07) is 4.11. The van der Waals surface area contributed by atoms with Crippen LogP contribution in [0.2, 0.25) is 0 Å². The number of aromatic amines is 1. The number of aromatic nitrogens is 2. The predicted molar refractivity (Wildman–Crippen MR) is 70.8 cm³/mol. The summed E-state index contributed by atoms with van der Waals surface area (Å²) in [6.07, 6.45) is -0.830. The molecule has 21 heavy (non-hydrogen) atoms. The number of carbonyl (C=O) groups is 1. The van der Waals surface area contributed by atoms with Gasteiger partial charge in [-0.1, -0.05) is 12.1 Å². The standard InChI is InChI=1S/C13H13F3N4O/c14-13(15,16)9-3-1-2-4-10(9)20-12(21)19-6-5-11-17-7-8-18-11/h1-4,7-8H,5-6H2,(H,17,18)(H2,19,20,21). The highest BCUT2D eigenvalue weighted by Gasteiger charge is 2.33. The monoisotopic (exact) mass is 298 g/mol. The number of urea groups is 1. The van der Waals surface area contributed by atoms with Gasteiger partial charge in [0.15, 0.2) is 0 Å². The number of nitrogens with one attached hydrogen (secondary N) is 3. The van der Waals surface area contributed by atoms with Crippen LogP contribution < -0.4 is 10.6 Å². The normalized spacial score (nSPS) is 11.2. The van der Waals surface area contributed by atoms with Gasteiger partial charge in [0.25, 0.3) is 0 Å². The zero-order chi connectivity index (χ0) is 15.3. The summed E-state index contributed by atoms with van der Waals surface area (Å²) in [5.74, 6) is 0.686. The SMILES string of the molecule is O=C(NCCc1ncc[nH]1)Nc1ccccc1C(F)(F)F. The van der Waals surface area contributed by atoms with E-state index in [1.54, 1.807) is 12.4 Å². The highest BCUT2D eigenvalue weighted by Crippen LogP contribution is 2.34. The lowest BCUT2D eigenvalue weighted by Gasteiger charge is -2.13. The van der Waals surface area contributed by atoms with Gasteiger partial charge in [0.1, 0.15) is 5.82 Å². The van der Waals surface area contributed by atoms with E-state index in [2.05, 4.69) is 20.6 Å². The van der Waals surface area contributed by atoms with Crippen LogP contribution in [0.25, 0.3) is 0 Å². The first kappa shape index (κ1) is 14.9. The molecule has 0 bridgehead atoms. The van der Waals surface area contributed by atoms with Crippen LogP contribution in [0, 0.1) is 0 Å². The minimum absolute atomic E-state index is 0.257. The number of para-hydroxylation sites is 1. The number of H-pyrrole nitrogens is 1. The molecule has 2 aromatic rings. The van der Waals surface area contributed by atoms with Crippen molar-refractivity contribution in [2.24, 2.45) is 0 Å². The van der Waals surface area contributed by atoms with Crippen LogP contribution in [-0.4, -0.2) is 22.5 Å². The molecule has 0 atom stereocenters. The van der Waals surface area contributed by atoms with Gasteiger partial charge < -0.3 is 15.6 Å². The molecule has 0 fully saturated rings. The number of anilines is 1. The van der Waals surface area contributed by atoms with Gasteiger partial charge in [-0.25, -0.2) is 9.78 Å². The Morgan fingerprint density at radius 3 is 2.71 bits per heavy atom. The molecule has 0 unspecified atom stereocenters. The van der Waals surface area contributed by atoms with Gasteiger partial charge >= 0.3 is 12.2 Å².